The number of anilines is 1. The van der Waals surface area contributed by atoms with E-state index in [1.807, 2.05) is 12.1 Å². The van der Waals surface area contributed by atoms with Crippen molar-refractivity contribution in [2.75, 3.05) is 45.2 Å². The van der Waals surface area contributed by atoms with Gasteiger partial charge in [0, 0.05) is 37.6 Å². The molecular weight excluding hydrogens is 296 g/mol. The molecule has 1 saturated heterocycles. The van der Waals surface area contributed by atoms with Crippen LogP contribution >= 0.6 is 0 Å². The molecule has 2 heterocycles. The SMILES string of the molecule is COc1ccc2c(N3CCN(C)CC3)c(C(C)=O)c(=O)oc2c1. The molecule has 122 valence electrons. The van der Waals surface area contributed by atoms with E-state index in [1.165, 1.54) is 6.92 Å². The maximum Gasteiger partial charge on any atom is 0.349 e. The van der Waals surface area contributed by atoms with Gasteiger partial charge >= 0.3 is 5.63 Å². The highest BCUT2D eigenvalue weighted by molar-refractivity contribution is 6.06. The first kappa shape index (κ1) is 15.6. The normalized spacial score (nSPS) is 15.9. The number of nitrogens with zero attached hydrogens (tertiary/aromatic N) is 2. The van der Waals surface area contributed by atoms with Gasteiger partial charge in [0.2, 0.25) is 0 Å². The molecule has 1 aromatic heterocycles. The second-order valence-electron chi connectivity index (χ2n) is 5.82. The van der Waals surface area contributed by atoms with Crippen molar-refractivity contribution < 1.29 is 13.9 Å². The highest BCUT2D eigenvalue weighted by Gasteiger charge is 2.25. The number of ether oxygens (including phenoxy) is 1. The summed E-state index contributed by atoms with van der Waals surface area (Å²) >= 11 is 0. The number of likely N-dealkylation sites (N-methyl/N-ethyl adjacent to an activating group) is 1. The fourth-order valence-electron chi connectivity index (χ4n) is 2.96. The van der Waals surface area contributed by atoms with Gasteiger partial charge in [0.15, 0.2) is 5.78 Å². The molecule has 3 rings (SSSR count). The van der Waals surface area contributed by atoms with Gasteiger partial charge in [-0.2, -0.15) is 0 Å². The van der Waals surface area contributed by atoms with E-state index in [4.69, 9.17) is 9.15 Å². The van der Waals surface area contributed by atoms with E-state index >= 15 is 0 Å². The summed E-state index contributed by atoms with van der Waals surface area (Å²) in [6, 6.07) is 5.34. The second kappa shape index (κ2) is 6.04. The second-order valence-corrected chi connectivity index (χ2v) is 5.82. The molecule has 0 unspecified atom stereocenters. The number of piperazine rings is 1. The summed E-state index contributed by atoms with van der Waals surface area (Å²) < 4.78 is 10.5. The van der Waals surface area contributed by atoms with Crippen molar-refractivity contribution in [1.29, 1.82) is 0 Å². The fraction of sp³-hybridized carbons (Fsp3) is 0.412. The fourth-order valence-corrected chi connectivity index (χ4v) is 2.96. The Morgan fingerprint density at radius 1 is 1.22 bits per heavy atom. The number of hydrogen-bond donors (Lipinski definition) is 0. The first-order valence-corrected chi connectivity index (χ1v) is 7.60. The Labute approximate surface area is 134 Å². The first-order valence-electron chi connectivity index (χ1n) is 7.60. The lowest BCUT2D eigenvalue weighted by atomic mass is 10.1. The average molecular weight is 316 g/mol. The maximum atomic E-state index is 12.3. The summed E-state index contributed by atoms with van der Waals surface area (Å²) in [5.41, 5.74) is 0.659. The van der Waals surface area contributed by atoms with Gasteiger partial charge in [-0.05, 0) is 26.1 Å². The van der Waals surface area contributed by atoms with E-state index in [9.17, 15) is 9.59 Å². The van der Waals surface area contributed by atoms with E-state index in [2.05, 4.69) is 16.8 Å². The van der Waals surface area contributed by atoms with Crippen molar-refractivity contribution in [2.45, 2.75) is 6.92 Å². The van der Waals surface area contributed by atoms with E-state index in [0.29, 0.717) is 17.0 Å². The van der Waals surface area contributed by atoms with Crippen LogP contribution in [0.3, 0.4) is 0 Å². The van der Waals surface area contributed by atoms with Crippen LogP contribution in [-0.2, 0) is 0 Å². The van der Waals surface area contributed by atoms with Crippen LogP contribution in [0.15, 0.2) is 27.4 Å². The molecule has 0 radical (unpaired) electrons. The van der Waals surface area contributed by atoms with Crippen LogP contribution in [0.4, 0.5) is 5.69 Å². The predicted molar refractivity (Wildman–Crippen MR) is 88.8 cm³/mol. The first-order chi connectivity index (χ1) is 11.0. The maximum absolute atomic E-state index is 12.3. The lowest BCUT2D eigenvalue weighted by molar-refractivity contribution is 0.101. The molecule has 6 nitrogen and oxygen atoms in total. The number of hydrogen-bond acceptors (Lipinski definition) is 6. The highest BCUT2D eigenvalue weighted by atomic mass is 16.5. The minimum atomic E-state index is -0.591. The van der Waals surface area contributed by atoms with E-state index < -0.39 is 5.63 Å². The molecule has 0 N–H and O–H groups in total. The third-order valence-corrected chi connectivity index (χ3v) is 4.26. The molecule has 1 aliphatic heterocycles. The van der Waals surface area contributed by atoms with E-state index in [-0.39, 0.29) is 11.3 Å². The third-order valence-electron chi connectivity index (χ3n) is 4.26. The van der Waals surface area contributed by atoms with Crippen LogP contribution in [0.2, 0.25) is 0 Å². The zero-order valence-corrected chi connectivity index (χ0v) is 13.6. The Morgan fingerprint density at radius 2 is 1.91 bits per heavy atom. The molecule has 23 heavy (non-hydrogen) atoms. The molecule has 0 atom stereocenters. The lowest BCUT2D eigenvalue weighted by Gasteiger charge is -2.35. The Hall–Kier alpha value is -2.34. The molecule has 6 heteroatoms. The molecule has 0 bridgehead atoms. The number of rotatable bonds is 3. The zero-order chi connectivity index (χ0) is 16.6. The van der Waals surface area contributed by atoms with Crippen molar-refractivity contribution >= 4 is 22.4 Å². The minimum Gasteiger partial charge on any atom is -0.497 e. The number of benzene rings is 1. The van der Waals surface area contributed by atoms with Gasteiger partial charge < -0.3 is 19.0 Å². The largest absolute Gasteiger partial charge is 0.497 e. The van der Waals surface area contributed by atoms with Gasteiger partial charge in [-0.15, -0.1) is 0 Å². The van der Waals surface area contributed by atoms with Crippen LogP contribution in [0.1, 0.15) is 17.3 Å². The van der Waals surface area contributed by atoms with Gasteiger partial charge in [0.25, 0.3) is 0 Å². The third kappa shape index (κ3) is 2.82. The summed E-state index contributed by atoms with van der Waals surface area (Å²) in [4.78, 5) is 28.7. The van der Waals surface area contributed by atoms with Gasteiger partial charge in [0.05, 0.1) is 12.8 Å². The summed E-state index contributed by atoms with van der Waals surface area (Å²) in [5, 5.41) is 0.764. The van der Waals surface area contributed by atoms with Crippen molar-refractivity contribution in [1.82, 2.24) is 4.90 Å². The summed E-state index contributed by atoms with van der Waals surface area (Å²) in [5.74, 6) is 0.339. The number of methoxy groups -OCH3 is 1. The number of fused-ring (bicyclic) bond motifs is 1. The van der Waals surface area contributed by atoms with E-state index in [0.717, 1.165) is 31.6 Å². The molecule has 0 saturated carbocycles. The van der Waals surface area contributed by atoms with Crippen LogP contribution in [-0.4, -0.2) is 51.0 Å². The highest BCUT2D eigenvalue weighted by Crippen LogP contribution is 2.32. The van der Waals surface area contributed by atoms with E-state index in [1.54, 1.807) is 13.2 Å². The van der Waals surface area contributed by atoms with Crippen LogP contribution in [0.5, 0.6) is 5.75 Å². The van der Waals surface area contributed by atoms with Crippen LogP contribution < -0.4 is 15.3 Å². The molecule has 1 fully saturated rings. The summed E-state index contributed by atoms with van der Waals surface area (Å²) in [6.07, 6.45) is 0. The average Bonchev–Trinajstić information content (AvgIpc) is 2.53. The quantitative estimate of drug-likeness (QED) is 0.635. The monoisotopic (exact) mass is 316 g/mol. The Kier molecular flexibility index (Phi) is 4.09. The van der Waals surface area contributed by atoms with Gasteiger partial charge in [-0.3, -0.25) is 4.79 Å². The van der Waals surface area contributed by atoms with Crippen molar-refractivity contribution in [3.05, 3.63) is 34.2 Å². The van der Waals surface area contributed by atoms with Crippen molar-refractivity contribution in [2.24, 2.45) is 0 Å². The molecule has 0 amide bonds. The van der Waals surface area contributed by atoms with Gasteiger partial charge in [-0.25, -0.2) is 4.79 Å². The number of carbonyl (C=O) groups is 1. The molecular formula is C17H20N2O4. The molecule has 0 spiro atoms. The summed E-state index contributed by atoms with van der Waals surface area (Å²) in [6.45, 7) is 4.70. The zero-order valence-electron chi connectivity index (χ0n) is 13.6. The molecule has 1 aromatic carbocycles. The number of carbonyl (C=O) groups excluding carboxylic acids is 1. The Morgan fingerprint density at radius 3 is 2.52 bits per heavy atom. The standard InChI is InChI=1S/C17H20N2O4/c1-11(20)15-16(19-8-6-18(2)7-9-19)13-5-4-12(22-3)10-14(13)23-17(15)21/h4-5,10H,6-9H2,1-3H3. The summed E-state index contributed by atoms with van der Waals surface area (Å²) in [7, 11) is 3.62. The Bertz CT molecular complexity index is 804. The van der Waals surface area contributed by atoms with Crippen molar-refractivity contribution in [3.8, 4) is 5.75 Å². The lowest BCUT2D eigenvalue weighted by Crippen LogP contribution is -2.45. The van der Waals surface area contributed by atoms with Crippen LogP contribution in [0, 0.1) is 0 Å². The van der Waals surface area contributed by atoms with Gasteiger partial charge in [-0.1, -0.05) is 0 Å². The van der Waals surface area contributed by atoms with Crippen molar-refractivity contribution in [3.63, 3.8) is 0 Å². The number of ketones is 1. The Balaban J connectivity index is 2.24. The molecule has 2 aromatic rings. The minimum absolute atomic E-state index is 0.132. The molecule has 0 aliphatic carbocycles. The van der Waals surface area contributed by atoms with Gasteiger partial charge in [0.1, 0.15) is 16.9 Å². The predicted octanol–water partition coefficient (Wildman–Crippen LogP) is 1.76. The number of Topliss-reactive ketones (excluding diaryl/α,β-unsaturated/α-hetero) is 1. The van der Waals surface area contributed by atoms with Crippen LogP contribution in [0.25, 0.3) is 11.0 Å². The topological polar surface area (TPSA) is 63.0 Å². The molecule has 1 aliphatic rings. The smallest absolute Gasteiger partial charge is 0.349 e.